The number of thiophene rings is 1. The second-order valence-electron chi connectivity index (χ2n) is 5.82. The smallest absolute Gasteiger partial charge is 0.260 e. The highest BCUT2D eigenvalue weighted by molar-refractivity contribution is 7.18. The molecule has 22 heavy (non-hydrogen) atoms. The second kappa shape index (κ2) is 6.58. The summed E-state index contributed by atoms with van der Waals surface area (Å²) in [6.07, 6.45) is 8.29. The molecule has 3 rings (SSSR count). The SMILES string of the molecule is C=CC[NH+](CC=C)Cc1nc2sc3c(c2c(=O)[nH]1)CCCC3. The molecule has 2 aromatic heterocycles. The van der Waals surface area contributed by atoms with Crippen LogP contribution in [0, 0.1) is 0 Å². The molecular weight excluding hydrogens is 294 g/mol. The van der Waals surface area contributed by atoms with Gasteiger partial charge in [0.25, 0.3) is 5.56 Å². The van der Waals surface area contributed by atoms with Crippen LogP contribution in [0.5, 0.6) is 0 Å². The van der Waals surface area contributed by atoms with E-state index in [-0.39, 0.29) is 5.56 Å². The van der Waals surface area contributed by atoms with Gasteiger partial charge in [0.05, 0.1) is 18.5 Å². The van der Waals surface area contributed by atoms with Gasteiger partial charge in [0.1, 0.15) is 11.4 Å². The molecule has 116 valence electrons. The molecule has 2 aromatic rings. The lowest BCUT2D eigenvalue weighted by atomic mass is 9.97. The first-order valence-electron chi connectivity index (χ1n) is 7.81. The van der Waals surface area contributed by atoms with Gasteiger partial charge in [-0.3, -0.25) is 4.79 Å². The minimum Gasteiger partial charge on any atom is -0.322 e. The number of hydrogen-bond donors (Lipinski definition) is 2. The van der Waals surface area contributed by atoms with Gasteiger partial charge >= 0.3 is 0 Å². The number of H-pyrrole nitrogens is 1. The summed E-state index contributed by atoms with van der Waals surface area (Å²) in [5.74, 6) is 0.759. The van der Waals surface area contributed by atoms with Crippen LogP contribution in [0.4, 0.5) is 0 Å². The number of nitrogens with one attached hydrogen (secondary N) is 2. The third-order valence-electron chi connectivity index (χ3n) is 4.16. The maximum atomic E-state index is 12.5. The van der Waals surface area contributed by atoms with Gasteiger partial charge in [-0.2, -0.15) is 0 Å². The molecule has 0 saturated carbocycles. The zero-order chi connectivity index (χ0) is 15.5. The molecule has 2 N–H and O–H groups in total. The molecule has 0 saturated heterocycles. The van der Waals surface area contributed by atoms with Crippen LogP contribution in [0.1, 0.15) is 29.1 Å². The molecule has 0 aromatic carbocycles. The Hall–Kier alpha value is -1.72. The van der Waals surface area contributed by atoms with Gasteiger partial charge in [-0.05, 0) is 43.4 Å². The lowest BCUT2D eigenvalue weighted by Gasteiger charge is -2.15. The number of aromatic nitrogens is 2. The fourth-order valence-corrected chi connectivity index (χ4v) is 4.45. The quantitative estimate of drug-likeness (QED) is 0.796. The van der Waals surface area contributed by atoms with E-state index in [4.69, 9.17) is 4.98 Å². The molecule has 0 aliphatic heterocycles. The van der Waals surface area contributed by atoms with Gasteiger partial charge in [0.15, 0.2) is 5.82 Å². The van der Waals surface area contributed by atoms with Gasteiger partial charge in [-0.1, -0.05) is 13.2 Å². The van der Waals surface area contributed by atoms with Crippen molar-refractivity contribution in [2.75, 3.05) is 13.1 Å². The predicted molar refractivity (Wildman–Crippen MR) is 91.7 cm³/mol. The number of quaternary nitrogens is 1. The maximum absolute atomic E-state index is 12.5. The lowest BCUT2D eigenvalue weighted by Crippen LogP contribution is -3.10. The van der Waals surface area contributed by atoms with Crippen molar-refractivity contribution in [1.82, 2.24) is 9.97 Å². The van der Waals surface area contributed by atoms with Crippen LogP contribution in [0.15, 0.2) is 30.1 Å². The highest BCUT2D eigenvalue weighted by Gasteiger charge is 2.20. The highest BCUT2D eigenvalue weighted by atomic mass is 32.1. The van der Waals surface area contributed by atoms with E-state index in [0.717, 1.165) is 42.0 Å². The fraction of sp³-hybridized carbons (Fsp3) is 0.412. The van der Waals surface area contributed by atoms with Crippen LogP contribution in [-0.2, 0) is 19.4 Å². The van der Waals surface area contributed by atoms with Crippen molar-refractivity contribution in [1.29, 1.82) is 0 Å². The summed E-state index contributed by atoms with van der Waals surface area (Å²) in [5, 5.41) is 0.831. The van der Waals surface area contributed by atoms with Gasteiger partial charge < -0.3 is 9.88 Å². The van der Waals surface area contributed by atoms with Crippen LogP contribution < -0.4 is 10.5 Å². The lowest BCUT2D eigenvalue weighted by molar-refractivity contribution is -0.902. The van der Waals surface area contributed by atoms with Crippen LogP contribution >= 0.6 is 11.3 Å². The zero-order valence-electron chi connectivity index (χ0n) is 12.8. The maximum Gasteiger partial charge on any atom is 0.260 e. The van der Waals surface area contributed by atoms with E-state index in [1.54, 1.807) is 11.3 Å². The van der Waals surface area contributed by atoms with E-state index in [1.807, 2.05) is 12.2 Å². The van der Waals surface area contributed by atoms with Gasteiger partial charge in [-0.25, -0.2) is 4.98 Å². The molecule has 0 bridgehead atoms. The Morgan fingerprint density at radius 3 is 2.68 bits per heavy atom. The Kier molecular flexibility index (Phi) is 4.55. The normalized spacial score (nSPS) is 14.2. The average molecular weight is 316 g/mol. The Morgan fingerprint density at radius 2 is 1.95 bits per heavy atom. The summed E-state index contributed by atoms with van der Waals surface area (Å²) in [6, 6.07) is 0. The molecule has 1 aliphatic carbocycles. The van der Waals surface area contributed by atoms with Gasteiger partial charge in [-0.15, -0.1) is 11.3 Å². The molecule has 0 radical (unpaired) electrons. The monoisotopic (exact) mass is 316 g/mol. The summed E-state index contributed by atoms with van der Waals surface area (Å²) in [5.41, 5.74) is 1.27. The summed E-state index contributed by atoms with van der Waals surface area (Å²) in [6.45, 7) is 9.92. The van der Waals surface area contributed by atoms with Crippen molar-refractivity contribution >= 4 is 21.6 Å². The fourth-order valence-electron chi connectivity index (χ4n) is 3.16. The van der Waals surface area contributed by atoms with Crippen molar-refractivity contribution in [3.63, 3.8) is 0 Å². The average Bonchev–Trinajstić information content (AvgIpc) is 2.86. The minimum absolute atomic E-state index is 0.0240. The first-order valence-corrected chi connectivity index (χ1v) is 8.63. The molecular formula is C17H22N3OS+. The van der Waals surface area contributed by atoms with E-state index in [0.29, 0.717) is 6.54 Å². The summed E-state index contributed by atoms with van der Waals surface area (Å²) < 4.78 is 0. The molecule has 0 fully saturated rings. The molecule has 0 unspecified atom stereocenters. The first kappa shape index (κ1) is 15.2. The second-order valence-corrected chi connectivity index (χ2v) is 6.90. The number of hydrogen-bond acceptors (Lipinski definition) is 3. The van der Waals surface area contributed by atoms with Gasteiger partial charge in [0, 0.05) is 4.88 Å². The highest BCUT2D eigenvalue weighted by Crippen LogP contribution is 2.33. The van der Waals surface area contributed by atoms with Crippen molar-refractivity contribution in [2.24, 2.45) is 0 Å². The van der Waals surface area contributed by atoms with Crippen molar-refractivity contribution < 1.29 is 4.90 Å². The summed E-state index contributed by atoms with van der Waals surface area (Å²) in [4.78, 5) is 23.7. The van der Waals surface area contributed by atoms with E-state index in [2.05, 4.69) is 18.1 Å². The standard InChI is InChI=1S/C17H21N3OS/c1-3-9-20(10-4-2)11-14-18-16(21)15-12-7-5-6-8-13(12)22-17(15)19-14/h3-4H,1-2,5-11H2,(H,18,19,21)/p+1. The number of aromatic amines is 1. The largest absolute Gasteiger partial charge is 0.322 e. The van der Waals surface area contributed by atoms with E-state index in [1.165, 1.54) is 28.2 Å². The Labute approximate surface area is 134 Å². The Balaban J connectivity index is 1.96. The van der Waals surface area contributed by atoms with Crippen LogP contribution in [-0.4, -0.2) is 23.1 Å². The zero-order valence-corrected chi connectivity index (χ0v) is 13.6. The minimum atomic E-state index is 0.0240. The summed E-state index contributed by atoms with van der Waals surface area (Å²) >= 11 is 1.70. The molecule has 0 atom stereocenters. The summed E-state index contributed by atoms with van der Waals surface area (Å²) in [7, 11) is 0. The number of rotatable bonds is 6. The number of aryl methyl sites for hydroxylation is 2. The van der Waals surface area contributed by atoms with E-state index in [9.17, 15) is 4.79 Å². The van der Waals surface area contributed by atoms with Crippen molar-refractivity contribution in [2.45, 2.75) is 32.2 Å². The molecule has 4 nitrogen and oxygen atoms in total. The molecule has 1 aliphatic rings. The van der Waals surface area contributed by atoms with Crippen LogP contribution in [0.25, 0.3) is 10.2 Å². The number of fused-ring (bicyclic) bond motifs is 3. The van der Waals surface area contributed by atoms with Crippen LogP contribution in [0.2, 0.25) is 0 Å². The van der Waals surface area contributed by atoms with Crippen LogP contribution in [0.3, 0.4) is 0 Å². The molecule has 2 heterocycles. The third-order valence-corrected chi connectivity index (χ3v) is 5.34. The van der Waals surface area contributed by atoms with Crippen molar-refractivity contribution in [3.8, 4) is 0 Å². The van der Waals surface area contributed by atoms with Gasteiger partial charge in [0.2, 0.25) is 0 Å². The topological polar surface area (TPSA) is 50.2 Å². The predicted octanol–water partition coefficient (Wildman–Crippen LogP) is 1.62. The first-order chi connectivity index (χ1) is 10.7. The Morgan fingerprint density at radius 1 is 1.23 bits per heavy atom. The van der Waals surface area contributed by atoms with Crippen molar-refractivity contribution in [3.05, 3.63) is 51.9 Å². The third kappa shape index (κ3) is 2.91. The molecule has 0 amide bonds. The Bertz CT molecular complexity index is 749. The number of nitrogens with zero attached hydrogens (tertiary/aromatic N) is 1. The van der Waals surface area contributed by atoms with E-state index < -0.39 is 0 Å². The molecule has 5 heteroatoms. The van der Waals surface area contributed by atoms with E-state index >= 15 is 0 Å². The molecule has 0 spiro atoms.